The maximum absolute atomic E-state index is 11.0. The van der Waals surface area contributed by atoms with Crippen molar-refractivity contribution in [1.29, 1.82) is 0 Å². The summed E-state index contributed by atoms with van der Waals surface area (Å²) in [5, 5.41) is 3.16. The topological polar surface area (TPSA) is 73.3 Å². The minimum Gasteiger partial charge on any atom is -0.497 e. The minimum atomic E-state index is 0.115. The highest BCUT2D eigenvalue weighted by atomic mass is 35.5. The van der Waals surface area contributed by atoms with E-state index in [0.29, 0.717) is 30.1 Å². The summed E-state index contributed by atoms with van der Waals surface area (Å²) in [5.41, 5.74) is 1.12. The van der Waals surface area contributed by atoms with Crippen LogP contribution < -0.4 is 14.8 Å². The first kappa shape index (κ1) is 15.1. The number of carbonyl (C=O) groups is 1. The van der Waals surface area contributed by atoms with Crippen molar-refractivity contribution in [2.24, 2.45) is 0 Å². The van der Waals surface area contributed by atoms with Crippen LogP contribution in [0.25, 0.3) is 0 Å². The molecule has 0 aliphatic carbocycles. The predicted octanol–water partition coefficient (Wildman–Crippen LogP) is 2.57. The molecule has 0 saturated carbocycles. The summed E-state index contributed by atoms with van der Waals surface area (Å²) in [6, 6.07) is 5.48. The van der Waals surface area contributed by atoms with Crippen LogP contribution in [-0.4, -0.2) is 30.5 Å². The number of methoxy groups -OCH3 is 2. The standard InChI is InChI=1S/C14H14ClN3O3/c1-20-10-4-3-9(12(5-10)21-2)6-16-14-11(7-19)13(15)17-8-18-14/h3-5,7-8H,6H2,1-2H3,(H,16,17,18). The molecule has 2 aromatic rings. The van der Waals surface area contributed by atoms with E-state index in [-0.39, 0.29) is 10.7 Å². The van der Waals surface area contributed by atoms with Crippen molar-refractivity contribution >= 4 is 23.7 Å². The fourth-order valence-corrected chi connectivity index (χ4v) is 1.97. The largest absolute Gasteiger partial charge is 0.497 e. The molecule has 7 heteroatoms. The van der Waals surface area contributed by atoms with Gasteiger partial charge in [0.2, 0.25) is 0 Å². The Morgan fingerprint density at radius 3 is 2.76 bits per heavy atom. The van der Waals surface area contributed by atoms with Crippen molar-refractivity contribution < 1.29 is 14.3 Å². The molecule has 6 nitrogen and oxygen atoms in total. The van der Waals surface area contributed by atoms with Crippen molar-refractivity contribution in [3.05, 3.63) is 40.8 Å². The molecule has 0 bridgehead atoms. The number of carbonyl (C=O) groups excluding carboxylic acids is 1. The van der Waals surface area contributed by atoms with Crippen LogP contribution in [0.2, 0.25) is 5.15 Å². The lowest BCUT2D eigenvalue weighted by molar-refractivity contribution is 0.112. The molecule has 0 fully saturated rings. The van der Waals surface area contributed by atoms with E-state index in [0.717, 1.165) is 5.56 Å². The third-order valence-electron chi connectivity index (χ3n) is 2.89. The molecule has 0 amide bonds. The van der Waals surface area contributed by atoms with Gasteiger partial charge in [0.25, 0.3) is 0 Å². The lowest BCUT2D eigenvalue weighted by Gasteiger charge is -2.12. The zero-order valence-electron chi connectivity index (χ0n) is 11.6. The summed E-state index contributed by atoms with van der Waals surface area (Å²) >= 11 is 5.85. The van der Waals surface area contributed by atoms with Crippen LogP contribution in [-0.2, 0) is 6.54 Å². The van der Waals surface area contributed by atoms with Gasteiger partial charge in [-0.25, -0.2) is 9.97 Å². The lowest BCUT2D eigenvalue weighted by Crippen LogP contribution is -2.06. The molecule has 0 spiro atoms. The molecule has 0 saturated heterocycles. The lowest BCUT2D eigenvalue weighted by atomic mass is 10.2. The van der Waals surface area contributed by atoms with E-state index in [1.165, 1.54) is 6.33 Å². The fourth-order valence-electron chi connectivity index (χ4n) is 1.80. The highest BCUT2D eigenvalue weighted by molar-refractivity contribution is 6.32. The van der Waals surface area contributed by atoms with Gasteiger partial charge in [0.1, 0.15) is 28.8 Å². The molecule has 0 radical (unpaired) electrons. The molecule has 1 aromatic carbocycles. The average Bonchev–Trinajstić information content (AvgIpc) is 2.52. The predicted molar refractivity (Wildman–Crippen MR) is 79.3 cm³/mol. The Kier molecular flexibility index (Phi) is 4.94. The number of rotatable bonds is 6. The van der Waals surface area contributed by atoms with E-state index in [4.69, 9.17) is 21.1 Å². The fraction of sp³-hybridized carbons (Fsp3) is 0.214. The second kappa shape index (κ2) is 6.90. The zero-order chi connectivity index (χ0) is 15.2. The van der Waals surface area contributed by atoms with Gasteiger partial charge in [-0.1, -0.05) is 11.6 Å². The molecule has 0 aliphatic rings. The molecule has 0 aliphatic heterocycles. The molecule has 110 valence electrons. The van der Waals surface area contributed by atoms with Crippen LogP contribution in [0.4, 0.5) is 5.82 Å². The van der Waals surface area contributed by atoms with Gasteiger partial charge in [0, 0.05) is 18.2 Å². The van der Waals surface area contributed by atoms with Crippen LogP contribution in [0, 0.1) is 0 Å². The first-order chi connectivity index (χ1) is 10.2. The van der Waals surface area contributed by atoms with Gasteiger partial charge in [-0.2, -0.15) is 0 Å². The molecule has 1 N–H and O–H groups in total. The highest BCUT2D eigenvalue weighted by Crippen LogP contribution is 2.26. The molecule has 21 heavy (non-hydrogen) atoms. The Hall–Kier alpha value is -2.34. The summed E-state index contributed by atoms with van der Waals surface area (Å²) in [6.45, 7) is 0.418. The number of ether oxygens (including phenoxy) is 2. The number of aromatic nitrogens is 2. The third-order valence-corrected chi connectivity index (χ3v) is 3.19. The van der Waals surface area contributed by atoms with Crippen molar-refractivity contribution in [3.63, 3.8) is 0 Å². The molecule has 1 heterocycles. The second-order valence-corrected chi connectivity index (χ2v) is 4.43. The van der Waals surface area contributed by atoms with E-state index in [9.17, 15) is 4.79 Å². The summed E-state index contributed by atoms with van der Waals surface area (Å²) in [6.07, 6.45) is 1.92. The second-order valence-electron chi connectivity index (χ2n) is 4.08. The van der Waals surface area contributed by atoms with E-state index >= 15 is 0 Å². The Bertz CT molecular complexity index is 649. The summed E-state index contributed by atoms with van der Waals surface area (Å²) < 4.78 is 10.5. The number of aldehydes is 1. The quantitative estimate of drug-likeness (QED) is 0.653. The van der Waals surface area contributed by atoms with Gasteiger partial charge in [-0.3, -0.25) is 4.79 Å². The van der Waals surface area contributed by atoms with Crippen LogP contribution in [0.5, 0.6) is 11.5 Å². The molecular weight excluding hydrogens is 294 g/mol. The van der Waals surface area contributed by atoms with Crippen molar-refractivity contribution in [1.82, 2.24) is 9.97 Å². The Morgan fingerprint density at radius 1 is 1.29 bits per heavy atom. The monoisotopic (exact) mass is 307 g/mol. The number of nitrogens with one attached hydrogen (secondary N) is 1. The molecule has 0 unspecified atom stereocenters. The SMILES string of the molecule is COc1ccc(CNc2ncnc(Cl)c2C=O)c(OC)c1. The molecule has 1 aromatic heterocycles. The third kappa shape index (κ3) is 3.41. The number of benzene rings is 1. The number of nitrogens with zero attached hydrogens (tertiary/aromatic N) is 2. The van der Waals surface area contributed by atoms with E-state index in [1.54, 1.807) is 20.3 Å². The van der Waals surface area contributed by atoms with Crippen molar-refractivity contribution in [2.75, 3.05) is 19.5 Å². The highest BCUT2D eigenvalue weighted by Gasteiger charge is 2.10. The number of hydrogen-bond acceptors (Lipinski definition) is 6. The normalized spacial score (nSPS) is 10.0. The van der Waals surface area contributed by atoms with Crippen LogP contribution >= 0.6 is 11.6 Å². The molecule has 0 atom stereocenters. The average molecular weight is 308 g/mol. The maximum Gasteiger partial charge on any atom is 0.156 e. The van der Waals surface area contributed by atoms with Crippen molar-refractivity contribution in [2.45, 2.75) is 6.54 Å². The van der Waals surface area contributed by atoms with Crippen LogP contribution in [0.3, 0.4) is 0 Å². The minimum absolute atomic E-state index is 0.115. The maximum atomic E-state index is 11.0. The summed E-state index contributed by atoms with van der Waals surface area (Å²) in [5.74, 6) is 1.76. The van der Waals surface area contributed by atoms with Crippen LogP contribution in [0.15, 0.2) is 24.5 Å². The molecule has 2 rings (SSSR count). The van der Waals surface area contributed by atoms with E-state index in [2.05, 4.69) is 15.3 Å². The Labute approximate surface area is 127 Å². The Balaban J connectivity index is 2.20. The van der Waals surface area contributed by atoms with Gasteiger partial charge in [-0.05, 0) is 12.1 Å². The van der Waals surface area contributed by atoms with Gasteiger partial charge < -0.3 is 14.8 Å². The summed E-state index contributed by atoms with van der Waals surface area (Å²) in [4.78, 5) is 18.8. The number of anilines is 1. The van der Waals surface area contributed by atoms with E-state index < -0.39 is 0 Å². The molecular formula is C14H14ClN3O3. The smallest absolute Gasteiger partial charge is 0.156 e. The first-order valence-electron chi connectivity index (χ1n) is 6.10. The van der Waals surface area contributed by atoms with Gasteiger partial charge >= 0.3 is 0 Å². The van der Waals surface area contributed by atoms with E-state index in [1.807, 2.05) is 12.1 Å². The number of halogens is 1. The zero-order valence-corrected chi connectivity index (χ0v) is 12.3. The van der Waals surface area contributed by atoms with Gasteiger partial charge in [-0.15, -0.1) is 0 Å². The first-order valence-corrected chi connectivity index (χ1v) is 6.47. The Morgan fingerprint density at radius 2 is 2.10 bits per heavy atom. The summed E-state index contributed by atoms with van der Waals surface area (Å²) in [7, 11) is 3.17. The number of hydrogen-bond donors (Lipinski definition) is 1. The van der Waals surface area contributed by atoms with Crippen LogP contribution in [0.1, 0.15) is 15.9 Å². The van der Waals surface area contributed by atoms with Crippen molar-refractivity contribution in [3.8, 4) is 11.5 Å². The van der Waals surface area contributed by atoms with Gasteiger partial charge in [0.15, 0.2) is 6.29 Å². The van der Waals surface area contributed by atoms with Gasteiger partial charge in [0.05, 0.1) is 19.8 Å².